The minimum atomic E-state index is -4.38. The number of fused-ring (bicyclic) bond motifs is 1. The first-order valence-corrected chi connectivity index (χ1v) is 10.9. The Morgan fingerprint density at radius 1 is 0.935 bits per heavy atom. The van der Waals surface area contributed by atoms with Crippen molar-refractivity contribution in [2.24, 2.45) is 5.14 Å². The lowest BCUT2D eigenvalue weighted by molar-refractivity contribution is -0.137. The first-order chi connectivity index (χ1) is 14.6. The molecule has 0 unspecified atom stereocenters. The summed E-state index contributed by atoms with van der Waals surface area (Å²) in [5, 5.41) is 5.32. The van der Waals surface area contributed by atoms with Gasteiger partial charge < -0.3 is 4.98 Å². The number of nitrogens with one attached hydrogen (secondary N) is 1. The molecule has 0 aliphatic carbocycles. The third-order valence-electron chi connectivity index (χ3n) is 4.94. The van der Waals surface area contributed by atoms with E-state index < -0.39 is 21.8 Å². The molecule has 0 amide bonds. The summed E-state index contributed by atoms with van der Waals surface area (Å²) in [6, 6.07) is 17.0. The van der Waals surface area contributed by atoms with E-state index in [0.717, 1.165) is 17.6 Å². The van der Waals surface area contributed by atoms with Crippen LogP contribution in [0.15, 0.2) is 71.6 Å². The molecule has 0 atom stereocenters. The zero-order valence-electron chi connectivity index (χ0n) is 16.1. The first kappa shape index (κ1) is 21.1. The molecule has 0 saturated heterocycles. The highest BCUT2D eigenvalue weighted by Crippen LogP contribution is 2.30. The van der Waals surface area contributed by atoms with E-state index >= 15 is 0 Å². The van der Waals surface area contributed by atoms with Crippen LogP contribution in [-0.4, -0.2) is 18.4 Å². The number of aromatic nitrogens is 2. The van der Waals surface area contributed by atoms with Crippen LogP contribution < -0.4 is 5.14 Å². The van der Waals surface area contributed by atoms with Gasteiger partial charge in [-0.2, -0.15) is 13.2 Å². The molecule has 1 heterocycles. The zero-order chi connectivity index (χ0) is 22.2. The van der Waals surface area contributed by atoms with Gasteiger partial charge in [0.25, 0.3) is 0 Å². The van der Waals surface area contributed by atoms with Gasteiger partial charge in [-0.25, -0.2) is 18.5 Å². The zero-order valence-corrected chi connectivity index (χ0v) is 17.0. The monoisotopic (exact) mass is 445 g/mol. The number of H-pyrrole nitrogens is 1. The van der Waals surface area contributed by atoms with Crippen LogP contribution in [0, 0.1) is 0 Å². The minimum absolute atomic E-state index is 0.0228. The van der Waals surface area contributed by atoms with Crippen molar-refractivity contribution >= 4 is 21.1 Å². The summed E-state index contributed by atoms with van der Waals surface area (Å²) in [7, 11) is -3.89. The SMILES string of the molecule is NS(=O)(=O)c1ccccc1-c1ccc2[nH]c(CCc3cccc(C(F)(F)F)c3)nc2c1. The van der Waals surface area contributed by atoms with E-state index in [-0.39, 0.29) is 4.90 Å². The largest absolute Gasteiger partial charge is 0.416 e. The van der Waals surface area contributed by atoms with Crippen LogP contribution in [-0.2, 0) is 29.0 Å². The van der Waals surface area contributed by atoms with E-state index in [0.29, 0.717) is 40.9 Å². The van der Waals surface area contributed by atoms with Crippen LogP contribution >= 0.6 is 0 Å². The van der Waals surface area contributed by atoms with Crippen LogP contribution in [0.1, 0.15) is 17.0 Å². The van der Waals surface area contributed by atoms with E-state index in [1.807, 2.05) is 0 Å². The maximum atomic E-state index is 12.9. The normalized spacial score (nSPS) is 12.4. The second kappa shape index (κ2) is 7.82. The molecule has 0 aliphatic heterocycles. The fourth-order valence-corrected chi connectivity index (χ4v) is 4.22. The van der Waals surface area contributed by atoms with Gasteiger partial charge in [0, 0.05) is 12.0 Å². The lowest BCUT2D eigenvalue weighted by Crippen LogP contribution is -2.13. The van der Waals surface area contributed by atoms with Gasteiger partial charge in [0.1, 0.15) is 5.82 Å². The minimum Gasteiger partial charge on any atom is -0.342 e. The van der Waals surface area contributed by atoms with Gasteiger partial charge in [0.05, 0.1) is 21.5 Å². The quantitative estimate of drug-likeness (QED) is 0.467. The topological polar surface area (TPSA) is 88.8 Å². The lowest BCUT2D eigenvalue weighted by atomic mass is 10.1. The summed E-state index contributed by atoms with van der Waals surface area (Å²) in [6.45, 7) is 0. The Bertz CT molecular complexity index is 1360. The molecule has 160 valence electrons. The standard InChI is InChI=1S/C22H18F3N3O2S/c23-22(24,25)16-5-3-4-14(12-16)8-11-21-27-18-10-9-15(13-19(18)28-21)17-6-1-2-7-20(17)31(26,29)30/h1-7,9-10,12-13H,8,11H2,(H,27,28)(H2,26,29,30). The number of rotatable bonds is 5. The van der Waals surface area contributed by atoms with Crippen molar-refractivity contribution in [1.82, 2.24) is 9.97 Å². The molecular formula is C22H18F3N3O2S. The van der Waals surface area contributed by atoms with Crippen LogP contribution in [0.3, 0.4) is 0 Å². The molecule has 5 nitrogen and oxygen atoms in total. The maximum absolute atomic E-state index is 12.9. The molecule has 4 aromatic rings. The summed E-state index contributed by atoms with van der Waals surface area (Å²) in [4.78, 5) is 7.70. The molecule has 9 heteroatoms. The number of nitrogens with zero attached hydrogens (tertiary/aromatic N) is 1. The number of nitrogens with two attached hydrogens (primary N) is 1. The van der Waals surface area contributed by atoms with Crippen molar-refractivity contribution in [2.45, 2.75) is 23.9 Å². The van der Waals surface area contributed by atoms with E-state index in [9.17, 15) is 21.6 Å². The van der Waals surface area contributed by atoms with Crippen LogP contribution in [0.25, 0.3) is 22.2 Å². The number of primary sulfonamides is 1. The van der Waals surface area contributed by atoms with E-state index in [1.54, 1.807) is 42.5 Å². The average Bonchev–Trinajstić information content (AvgIpc) is 3.13. The number of hydrogen-bond donors (Lipinski definition) is 2. The molecule has 0 spiro atoms. The Morgan fingerprint density at radius 3 is 2.45 bits per heavy atom. The Hall–Kier alpha value is -3.17. The number of sulfonamides is 1. The van der Waals surface area contributed by atoms with Crippen molar-refractivity contribution in [3.05, 3.63) is 83.7 Å². The third-order valence-corrected chi connectivity index (χ3v) is 5.91. The molecule has 0 aliphatic rings. The Kier molecular flexibility index (Phi) is 5.32. The van der Waals surface area contributed by atoms with Crippen LogP contribution in [0.4, 0.5) is 13.2 Å². The number of benzene rings is 3. The van der Waals surface area contributed by atoms with Gasteiger partial charge >= 0.3 is 6.18 Å². The number of hydrogen-bond acceptors (Lipinski definition) is 3. The number of halogens is 3. The number of imidazole rings is 1. The highest BCUT2D eigenvalue weighted by molar-refractivity contribution is 7.89. The van der Waals surface area contributed by atoms with Crippen molar-refractivity contribution in [3.8, 4) is 11.1 Å². The smallest absolute Gasteiger partial charge is 0.342 e. The van der Waals surface area contributed by atoms with Gasteiger partial charge in [-0.15, -0.1) is 0 Å². The second-order valence-electron chi connectivity index (χ2n) is 7.15. The predicted octanol–water partition coefficient (Wildman–Crippen LogP) is 4.68. The molecule has 0 fully saturated rings. The lowest BCUT2D eigenvalue weighted by Gasteiger charge is -2.08. The fraction of sp³-hybridized carbons (Fsp3) is 0.136. The molecular weight excluding hydrogens is 427 g/mol. The van der Waals surface area contributed by atoms with Crippen molar-refractivity contribution in [1.29, 1.82) is 0 Å². The van der Waals surface area contributed by atoms with Crippen LogP contribution in [0.2, 0.25) is 0 Å². The molecule has 1 aromatic heterocycles. The average molecular weight is 445 g/mol. The highest BCUT2D eigenvalue weighted by Gasteiger charge is 2.30. The summed E-state index contributed by atoms with van der Waals surface area (Å²) in [5.41, 5.74) is 2.39. The predicted molar refractivity (Wildman–Crippen MR) is 112 cm³/mol. The molecule has 0 bridgehead atoms. The summed E-state index contributed by atoms with van der Waals surface area (Å²) < 4.78 is 62.4. The van der Waals surface area contributed by atoms with Crippen molar-refractivity contribution < 1.29 is 21.6 Å². The molecule has 0 radical (unpaired) electrons. The van der Waals surface area contributed by atoms with Gasteiger partial charge in [0.2, 0.25) is 10.0 Å². The Morgan fingerprint density at radius 2 is 1.71 bits per heavy atom. The molecule has 0 saturated carbocycles. The third kappa shape index (κ3) is 4.62. The number of aromatic amines is 1. The summed E-state index contributed by atoms with van der Waals surface area (Å²) in [5.74, 6) is 0.629. The van der Waals surface area contributed by atoms with Gasteiger partial charge in [0.15, 0.2) is 0 Å². The molecule has 3 aromatic carbocycles. The van der Waals surface area contributed by atoms with Gasteiger partial charge in [-0.1, -0.05) is 42.5 Å². The van der Waals surface area contributed by atoms with Crippen molar-refractivity contribution in [2.75, 3.05) is 0 Å². The van der Waals surface area contributed by atoms with Gasteiger partial charge in [-0.05, 0) is 41.8 Å². The van der Waals surface area contributed by atoms with Crippen molar-refractivity contribution in [3.63, 3.8) is 0 Å². The Balaban J connectivity index is 1.60. The van der Waals surface area contributed by atoms with E-state index in [4.69, 9.17) is 5.14 Å². The number of aryl methyl sites for hydroxylation is 2. The molecule has 4 rings (SSSR count). The van der Waals surface area contributed by atoms with Crippen LogP contribution in [0.5, 0.6) is 0 Å². The van der Waals surface area contributed by atoms with E-state index in [2.05, 4.69) is 9.97 Å². The highest BCUT2D eigenvalue weighted by atomic mass is 32.2. The molecule has 3 N–H and O–H groups in total. The molecule has 31 heavy (non-hydrogen) atoms. The first-order valence-electron chi connectivity index (χ1n) is 9.38. The maximum Gasteiger partial charge on any atom is 0.416 e. The second-order valence-corrected chi connectivity index (χ2v) is 8.68. The van der Waals surface area contributed by atoms with Gasteiger partial charge in [-0.3, -0.25) is 0 Å². The number of alkyl halides is 3. The fourth-order valence-electron chi connectivity index (χ4n) is 3.46. The Labute approximate surface area is 176 Å². The summed E-state index contributed by atoms with van der Waals surface area (Å²) in [6.07, 6.45) is -3.55. The van der Waals surface area contributed by atoms with E-state index in [1.165, 1.54) is 12.1 Å². The summed E-state index contributed by atoms with van der Waals surface area (Å²) >= 11 is 0.